The maximum Gasteiger partial charge on any atom is 0.0811 e. The summed E-state index contributed by atoms with van der Waals surface area (Å²) in [6.07, 6.45) is 15.2. The molecule has 3 heteroatoms. The molecule has 29 heavy (non-hydrogen) atoms. The summed E-state index contributed by atoms with van der Waals surface area (Å²) < 4.78 is 0. The molecular weight excluding hydrogens is 360 g/mol. The van der Waals surface area contributed by atoms with Crippen LogP contribution < -0.4 is 0 Å². The second kappa shape index (κ2) is 9.08. The highest BCUT2D eigenvalue weighted by molar-refractivity contribution is 5.38. The molecule has 3 saturated carbocycles. The van der Waals surface area contributed by atoms with Crippen LogP contribution in [-0.4, -0.2) is 33.1 Å². The average molecular weight is 403 g/mol. The summed E-state index contributed by atoms with van der Waals surface area (Å²) in [5.74, 6) is 1.46. The number of fused-ring (bicyclic) bond motifs is 1. The van der Waals surface area contributed by atoms with Crippen molar-refractivity contribution in [2.75, 3.05) is 0 Å². The topological polar surface area (TPSA) is 60.7 Å². The molecule has 0 spiro atoms. The molecule has 3 aliphatic rings. The molecule has 3 rings (SSSR count). The van der Waals surface area contributed by atoms with E-state index in [1.54, 1.807) is 5.57 Å². The standard InChI is InChI=1S/C26H42O3/c1-18-20(16-22(27)17-24(18)28)11-10-19-8-7-15-26(4)21(12-13-23(19)26)9-5-6-14-25(2,3)29/h10-11,21-24,27-29H,1,5-9,12-17H2,2-4H3/b19-10+,20-11-/t21-,22+,23-,24-,26+/m0/s1. The summed E-state index contributed by atoms with van der Waals surface area (Å²) in [5, 5.41) is 30.1. The largest absolute Gasteiger partial charge is 0.393 e. The van der Waals surface area contributed by atoms with E-state index in [9.17, 15) is 15.3 Å². The molecule has 0 aromatic carbocycles. The Kier molecular flexibility index (Phi) is 7.13. The van der Waals surface area contributed by atoms with Crippen LogP contribution in [0.3, 0.4) is 0 Å². The Morgan fingerprint density at radius 2 is 1.93 bits per heavy atom. The molecule has 0 saturated heterocycles. The van der Waals surface area contributed by atoms with Gasteiger partial charge in [-0.25, -0.2) is 0 Å². The number of unbranched alkanes of at least 4 members (excludes halogenated alkanes) is 1. The first kappa shape index (κ1) is 22.8. The Morgan fingerprint density at radius 1 is 1.17 bits per heavy atom. The summed E-state index contributed by atoms with van der Waals surface area (Å²) >= 11 is 0. The van der Waals surface area contributed by atoms with Gasteiger partial charge >= 0.3 is 0 Å². The molecule has 0 aromatic heterocycles. The van der Waals surface area contributed by atoms with Crippen molar-refractivity contribution in [1.29, 1.82) is 0 Å². The summed E-state index contributed by atoms with van der Waals surface area (Å²) in [7, 11) is 0. The van der Waals surface area contributed by atoms with Crippen molar-refractivity contribution >= 4 is 0 Å². The van der Waals surface area contributed by atoms with Crippen LogP contribution in [0.5, 0.6) is 0 Å². The van der Waals surface area contributed by atoms with E-state index in [-0.39, 0.29) is 0 Å². The maximum atomic E-state index is 10.1. The number of aliphatic hydroxyl groups excluding tert-OH is 2. The quantitative estimate of drug-likeness (QED) is 0.517. The van der Waals surface area contributed by atoms with E-state index in [1.165, 1.54) is 44.9 Å². The van der Waals surface area contributed by atoms with E-state index in [1.807, 2.05) is 13.8 Å². The monoisotopic (exact) mass is 402 g/mol. The minimum Gasteiger partial charge on any atom is -0.393 e. The molecule has 0 unspecified atom stereocenters. The van der Waals surface area contributed by atoms with E-state index >= 15 is 0 Å². The highest BCUT2D eigenvalue weighted by Crippen LogP contribution is 2.58. The van der Waals surface area contributed by atoms with Crippen LogP contribution in [0.1, 0.15) is 91.4 Å². The SMILES string of the molecule is C=C1/C(=C\C=C2/CCC[C@]3(C)[C@@H](CCCCC(C)(C)O)CC[C@@H]23)C[C@@H](O)C[C@@H]1O. The highest BCUT2D eigenvalue weighted by Gasteiger charge is 2.48. The van der Waals surface area contributed by atoms with Gasteiger partial charge < -0.3 is 15.3 Å². The first-order valence-corrected chi connectivity index (χ1v) is 11.8. The fraction of sp³-hybridized carbons (Fsp3) is 0.769. The van der Waals surface area contributed by atoms with Gasteiger partial charge in [0.1, 0.15) is 0 Å². The first-order chi connectivity index (χ1) is 13.6. The van der Waals surface area contributed by atoms with Gasteiger partial charge in [0.2, 0.25) is 0 Å². The summed E-state index contributed by atoms with van der Waals surface area (Å²) in [6, 6.07) is 0. The van der Waals surface area contributed by atoms with Crippen LogP contribution in [0.15, 0.2) is 35.5 Å². The Balaban J connectivity index is 1.65. The van der Waals surface area contributed by atoms with Gasteiger partial charge in [0.25, 0.3) is 0 Å². The van der Waals surface area contributed by atoms with Crippen molar-refractivity contribution in [3.05, 3.63) is 35.5 Å². The van der Waals surface area contributed by atoms with E-state index in [4.69, 9.17) is 0 Å². The molecule has 5 atom stereocenters. The van der Waals surface area contributed by atoms with Crippen LogP contribution in [0.2, 0.25) is 0 Å². The lowest BCUT2D eigenvalue weighted by molar-refractivity contribution is 0.0659. The molecule has 0 amide bonds. The first-order valence-electron chi connectivity index (χ1n) is 11.8. The molecular formula is C26H42O3. The zero-order valence-electron chi connectivity index (χ0n) is 18.8. The van der Waals surface area contributed by atoms with Crippen molar-refractivity contribution in [1.82, 2.24) is 0 Å². The lowest BCUT2D eigenvalue weighted by atomic mass is 9.62. The van der Waals surface area contributed by atoms with Gasteiger partial charge in [0.05, 0.1) is 17.8 Å². The third-order valence-corrected chi connectivity index (χ3v) is 8.02. The van der Waals surface area contributed by atoms with Gasteiger partial charge in [-0.05, 0) is 93.6 Å². The predicted molar refractivity (Wildman–Crippen MR) is 119 cm³/mol. The van der Waals surface area contributed by atoms with Crippen molar-refractivity contribution in [2.24, 2.45) is 17.3 Å². The number of allylic oxidation sites excluding steroid dienone is 3. The molecule has 0 aromatic rings. The van der Waals surface area contributed by atoms with E-state index in [2.05, 4.69) is 25.7 Å². The maximum absolute atomic E-state index is 10.1. The van der Waals surface area contributed by atoms with E-state index < -0.39 is 17.8 Å². The Hall–Kier alpha value is -0.900. The predicted octanol–water partition coefficient (Wildman–Crippen LogP) is 5.46. The van der Waals surface area contributed by atoms with Gasteiger partial charge in [0, 0.05) is 6.42 Å². The van der Waals surface area contributed by atoms with Crippen LogP contribution >= 0.6 is 0 Å². The summed E-state index contributed by atoms with van der Waals surface area (Å²) in [6.45, 7) is 10.4. The van der Waals surface area contributed by atoms with Crippen molar-refractivity contribution < 1.29 is 15.3 Å². The number of hydrogen-bond acceptors (Lipinski definition) is 3. The third kappa shape index (κ3) is 5.42. The van der Waals surface area contributed by atoms with E-state index in [0.717, 1.165) is 29.9 Å². The Labute approximate surface area is 177 Å². The van der Waals surface area contributed by atoms with Crippen LogP contribution in [0.4, 0.5) is 0 Å². The van der Waals surface area contributed by atoms with Gasteiger partial charge in [-0.2, -0.15) is 0 Å². The molecule has 0 aliphatic heterocycles. The molecule has 3 nitrogen and oxygen atoms in total. The van der Waals surface area contributed by atoms with Crippen molar-refractivity contribution in [3.63, 3.8) is 0 Å². The highest BCUT2D eigenvalue weighted by atomic mass is 16.3. The van der Waals surface area contributed by atoms with Crippen LogP contribution in [-0.2, 0) is 0 Å². The molecule has 3 N–H and O–H groups in total. The minimum absolute atomic E-state index is 0.403. The van der Waals surface area contributed by atoms with Gasteiger partial charge in [-0.3, -0.25) is 0 Å². The molecule has 0 bridgehead atoms. The Bertz CT molecular complexity index is 653. The van der Waals surface area contributed by atoms with Crippen molar-refractivity contribution in [2.45, 2.75) is 109 Å². The van der Waals surface area contributed by atoms with E-state index in [0.29, 0.717) is 24.2 Å². The Morgan fingerprint density at radius 3 is 2.66 bits per heavy atom. The van der Waals surface area contributed by atoms with Crippen LogP contribution in [0, 0.1) is 17.3 Å². The number of aliphatic hydroxyl groups is 3. The average Bonchev–Trinajstić information content (AvgIpc) is 2.96. The molecule has 0 radical (unpaired) electrons. The number of hydrogen-bond donors (Lipinski definition) is 3. The van der Waals surface area contributed by atoms with Gasteiger partial charge in [0.15, 0.2) is 0 Å². The fourth-order valence-corrected chi connectivity index (χ4v) is 6.23. The lowest BCUT2D eigenvalue weighted by Gasteiger charge is -2.42. The molecule has 3 fully saturated rings. The second-order valence-corrected chi connectivity index (χ2v) is 10.8. The zero-order valence-corrected chi connectivity index (χ0v) is 18.8. The minimum atomic E-state index is -0.611. The summed E-state index contributed by atoms with van der Waals surface area (Å²) in [5.41, 5.74) is 3.22. The second-order valence-electron chi connectivity index (χ2n) is 10.8. The van der Waals surface area contributed by atoms with Crippen LogP contribution in [0.25, 0.3) is 0 Å². The number of rotatable bonds is 6. The zero-order chi connectivity index (χ0) is 21.2. The lowest BCUT2D eigenvalue weighted by Crippen LogP contribution is -2.33. The fourth-order valence-electron chi connectivity index (χ4n) is 6.23. The van der Waals surface area contributed by atoms with Gasteiger partial charge in [-0.15, -0.1) is 0 Å². The van der Waals surface area contributed by atoms with Gasteiger partial charge in [-0.1, -0.05) is 44.1 Å². The van der Waals surface area contributed by atoms with Crippen molar-refractivity contribution in [3.8, 4) is 0 Å². The molecule has 0 heterocycles. The summed E-state index contributed by atoms with van der Waals surface area (Å²) in [4.78, 5) is 0. The molecule has 3 aliphatic carbocycles. The normalized spacial score (nSPS) is 38.6. The third-order valence-electron chi connectivity index (χ3n) is 8.02. The smallest absolute Gasteiger partial charge is 0.0811 e. The molecule has 164 valence electrons.